The molecule has 0 aromatic heterocycles. The van der Waals surface area contributed by atoms with Gasteiger partial charge < -0.3 is 15.1 Å². The summed E-state index contributed by atoms with van der Waals surface area (Å²) in [6, 6.07) is 8.61. The molecule has 118 valence electrons. The van der Waals surface area contributed by atoms with Crippen LogP contribution in [0.15, 0.2) is 24.3 Å². The molecule has 0 spiro atoms. The first-order chi connectivity index (χ1) is 10.6. The van der Waals surface area contributed by atoms with E-state index in [1.54, 1.807) is 0 Å². The fraction of sp³-hybridized carbons (Fsp3) is 0.529. The van der Waals surface area contributed by atoms with Crippen LogP contribution >= 0.6 is 0 Å². The van der Waals surface area contributed by atoms with Crippen molar-refractivity contribution in [3.8, 4) is 0 Å². The Morgan fingerprint density at radius 1 is 1.41 bits per heavy atom. The fourth-order valence-electron chi connectivity index (χ4n) is 3.55. The molecule has 22 heavy (non-hydrogen) atoms. The Kier molecular flexibility index (Phi) is 4.43. The van der Waals surface area contributed by atoms with Crippen molar-refractivity contribution in [3.63, 3.8) is 0 Å². The number of nitrogens with one attached hydrogen (secondary N) is 2. The number of nitrogens with zero attached hydrogens (tertiary/aromatic N) is 1. The first-order valence-corrected chi connectivity index (χ1v) is 8.09. The Labute approximate surface area is 131 Å². The number of piperazine rings is 1. The Morgan fingerprint density at radius 2 is 2.23 bits per heavy atom. The molecule has 1 fully saturated rings. The number of quaternary nitrogens is 1. The zero-order valence-corrected chi connectivity index (χ0v) is 13.1. The highest BCUT2D eigenvalue weighted by Gasteiger charge is 2.29. The molecule has 0 bridgehead atoms. The van der Waals surface area contributed by atoms with E-state index in [9.17, 15) is 9.59 Å². The third-order valence-electron chi connectivity index (χ3n) is 4.81. The van der Waals surface area contributed by atoms with E-state index in [1.807, 2.05) is 11.9 Å². The van der Waals surface area contributed by atoms with Crippen LogP contribution in [0.4, 0.5) is 0 Å². The zero-order valence-electron chi connectivity index (χ0n) is 13.1. The van der Waals surface area contributed by atoms with Gasteiger partial charge in [0.2, 0.25) is 0 Å². The number of rotatable bonds is 3. The van der Waals surface area contributed by atoms with Gasteiger partial charge in [-0.1, -0.05) is 24.3 Å². The molecule has 3 rings (SSSR count). The average Bonchev–Trinajstić information content (AvgIpc) is 2.53. The first kappa shape index (κ1) is 15.0. The van der Waals surface area contributed by atoms with Gasteiger partial charge in [-0.25, -0.2) is 0 Å². The highest BCUT2D eigenvalue weighted by atomic mass is 16.2. The molecule has 2 atom stereocenters. The summed E-state index contributed by atoms with van der Waals surface area (Å²) >= 11 is 0. The van der Waals surface area contributed by atoms with Gasteiger partial charge in [0.1, 0.15) is 0 Å². The van der Waals surface area contributed by atoms with Gasteiger partial charge in [-0.05, 0) is 30.4 Å². The Morgan fingerprint density at radius 3 is 3.05 bits per heavy atom. The highest BCUT2D eigenvalue weighted by molar-refractivity contribution is 5.79. The summed E-state index contributed by atoms with van der Waals surface area (Å²) in [6.45, 7) is 2.30. The molecule has 1 saturated heterocycles. The maximum Gasteiger partial charge on any atom is 0.278 e. The highest BCUT2D eigenvalue weighted by Crippen LogP contribution is 2.33. The number of carbonyl (C=O) groups excluding carboxylic acids is 2. The summed E-state index contributed by atoms with van der Waals surface area (Å²) in [5.41, 5.74) is 2.65. The fourth-order valence-corrected chi connectivity index (χ4v) is 3.55. The monoisotopic (exact) mass is 302 g/mol. The van der Waals surface area contributed by atoms with Crippen molar-refractivity contribution in [3.05, 3.63) is 35.4 Å². The summed E-state index contributed by atoms with van der Waals surface area (Å²) in [6.07, 6.45) is 3.25. The number of amides is 2. The molecule has 5 heteroatoms. The molecule has 1 aromatic carbocycles. The maximum atomic E-state index is 12.6. The lowest BCUT2D eigenvalue weighted by atomic mass is 9.87. The molecule has 5 nitrogen and oxygen atoms in total. The summed E-state index contributed by atoms with van der Waals surface area (Å²) in [4.78, 5) is 27.0. The molecular formula is C17H24N3O2+. The standard InChI is InChI=1S/C17H23N3O2/c1-19(17(22)12-20-10-9-18-16(21)11-20)15-8-4-6-13-5-2-3-7-14(13)15/h2-3,5,7,15H,4,6,8-12H2,1H3,(H,18,21)/p+1/t15-/m1/s1. The predicted octanol–water partition coefficient (Wildman–Crippen LogP) is -0.463. The molecular weight excluding hydrogens is 278 g/mol. The van der Waals surface area contributed by atoms with Crippen molar-refractivity contribution in [1.82, 2.24) is 10.2 Å². The topological polar surface area (TPSA) is 53.9 Å². The van der Waals surface area contributed by atoms with Crippen LogP contribution in [-0.4, -0.2) is 49.9 Å². The van der Waals surface area contributed by atoms with E-state index in [-0.39, 0.29) is 17.9 Å². The summed E-state index contributed by atoms with van der Waals surface area (Å²) < 4.78 is 0. The second kappa shape index (κ2) is 6.48. The number of hydrogen-bond donors (Lipinski definition) is 2. The summed E-state index contributed by atoms with van der Waals surface area (Å²) in [5.74, 6) is 0.172. The molecule has 0 radical (unpaired) electrons. The van der Waals surface area contributed by atoms with Crippen LogP contribution in [0.5, 0.6) is 0 Å². The van der Waals surface area contributed by atoms with Crippen molar-refractivity contribution < 1.29 is 14.5 Å². The molecule has 1 aliphatic carbocycles. The van der Waals surface area contributed by atoms with E-state index in [2.05, 4.69) is 29.6 Å². The summed E-state index contributed by atoms with van der Waals surface area (Å²) in [5, 5.41) is 2.81. The molecule has 2 amide bonds. The van der Waals surface area contributed by atoms with Crippen LogP contribution in [0.2, 0.25) is 0 Å². The number of fused-ring (bicyclic) bond motifs is 1. The van der Waals surface area contributed by atoms with Gasteiger partial charge in [-0.3, -0.25) is 9.59 Å². The van der Waals surface area contributed by atoms with E-state index >= 15 is 0 Å². The maximum absolute atomic E-state index is 12.6. The van der Waals surface area contributed by atoms with Gasteiger partial charge in [0.25, 0.3) is 11.8 Å². The van der Waals surface area contributed by atoms with Gasteiger partial charge in [0.15, 0.2) is 13.1 Å². The minimum atomic E-state index is 0.0414. The average molecular weight is 302 g/mol. The van der Waals surface area contributed by atoms with Gasteiger partial charge in [0, 0.05) is 7.05 Å². The van der Waals surface area contributed by atoms with Crippen LogP contribution < -0.4 is 10.2 Å². The van der Waals surface area contributed by atoms with Gasteiger partial charge in [-0.2, -0.15) is 0 Å². The Balaban J connectivity index is 1.67. The van der Waals surface area contributed by atoms with Gasteiger partial charge in [-0.15, -0.1) is 0 Å². The lowest BCUT2D eigenvalue weighted by Gasteiger charge is -2.34. The van der Waals surface area contributed by atoms with Crippen molar-refractivity contribution in [2.75, 3.05) is 33.2 Å². The molecule has 1 unspecified atom stereocenters. The minimum Gasteiger partial charge on any atom is -0.346 e. The lowest BCUT2D eigenvalue weighted by Crippen LogP contribution is -3.16. The van der Waals surface area contributed by atoms with Crippen LogP contribution in [0.25, 0.3) is 0 Å². The number of aryl methyl sites for hydroxylation is 1. The molecule has 1 heterocycles. The van der Waals surface area contributed by atoms with Crippen molar-refractivity contribution in [2.45, 2.75) is 25.3 Å². The molecule has 1 aliphatic heterocycles. The van der Waals surface area contributed by atoms with E-state index in [1.165, 1.54) is 11.1 Å². The molecule has 2 N–H and O–H groups in total. The van der Waals surface area contributed by atoms with Gasteiger partial charge >= 0.3 is 0 Å². The number of likely N-dealkylation sites (N-methyl/N-ethyl adjacent to an activating group) is 1. The predicted molar refractivity (Wildman–Crippen MR) is 83.5 cm³/mol. The summed E-state index contributed by atoms with van der Waals surface area (Å²) in [7, 11) is 1.90. The van der Waals surface area contributed by atoms with E-state index < -0.39 is 0 Å². The lowest BCUT2D eigenvalue weighted by molar-refractivity contribution is -0.885. The number of hydrogen-bond acceptors (Lipinski definition) is 2. The number of carbonyl (C=O) groups is 2. The van der Waals surface area contributed by atoms with E-state index in [4.69, 9.17) is 0 Å². The van der Waals surface area contributed by atoms with Gasteiger partial charge in [0.05, 0.1) is 19.1 Å². The number of benzene rings is 1. The van der Waals surface area contributed by atoms with Crippen molar-refractivity contribution >= 4 is 11.8 Å². The van der Waals surface area contributed by atoms with Crippen LogP contribution in [0.3, 0.4) is 0 Å². The largest absolute Gasteiger partial charge is 0.346 e. The Hall–Kier alpha value is -1.88. The Bertz CT molecular complexity index is 573. The SMILES string of the molecule is CN(C(=O)C[NH+]1CCNC(=O)C1)[C@@H]1CCCc2ccccc21. The van der Waals surface area contributed by atoms with Crippen LogP contribution in [0, 0.1) is 0 Å². The smallest absolute Gasteiger partial charge is 0.278 e. The van der Waals surface area contributed by atoms with Crippen LogP contribution in [-0.2, 0) is 16.0 Å². The molecule has 1 aromatic rings. The van der Waals surface area contributed by atoms with E-state index in [0.717, 1.165) is 30.7 Å². The minimum absolute atomic E-state index is 0.0414. The molecule has 2 aliphatic rings. The van der Waals surface area contributed by atoms with Crippen molar-refractivity contribution in [1.29, 1.82) is 0 Å². The third-order valence-corrected chi connectivity index (χ3v) is 4.81. The second-order valence-corrected chi connectivity index (χ2v) is 6.31. The quantitative estimate of drug-likeness (QED) is 0.794. The van der Waals surface area contributed by atoms with Crippen LogP contribution in [0.1, 0.15) is 30.0 Å². The molecule has 0 saturated carbocycles. The van der Waals surface area contributed by atoms with E-state index in [0.29, 0.717) is 19.6 Å². The second-order valence-electron chi connectivity index (χ2n) is 6.31. The third kappa shape index (κ3) is 3.14. The zero-order chi connectivity index (χ0) is 15.5. The first-order valence-electron chi connectivity index (χ1n) is 8.09. The normalized spacial score (nSPS) is 24.3. The van der Waals surface area contributed by atoms with Crippen molar-refractivity contribution in [2.24, 2.45) is 0 Å².